The molecule has 6 saturated heterocycles. The molecular weight excluding hydrogens is 1400 g/mol. The second-order valence-corrected chi connectivity index (χ2v) is 27.6. The van der Waals surface area contributed by atoms with Gasteiger partial charge in [0, 0.05) is 76.8 Å². The summed E-state index contributed by atoms with van der Waals surface area (Å²) in [6.07, 6.45) is -0.518. The number of piperidine rings is 3. The van der Waals surface area contributed by atoms with Crippen molar-refractivity contribution >= 4 is 70.3 Å². The third-order valence-electron chi connectivity index (χ3n) is 18.8. The number of rotatable bonds is 3. The zero-order valence-electron chi connectivity index (χ0n) is 54.6. The van der Waals surface area contributed by atoms with Crippen molar-refractivity contribution in [2.24, 2.45) is 0 Å². The number of hydrogen-bond donors (Lipinski definition) is 4. The predicted molar refractivity (Wildman–Crippen MR) is 345 cm³/mol. The van der Waals surface area contributed by atoms with E-state index in [-0.39, 0.29) is 111 Å². The van der Waals surface area contributed by atoms with Crippen LogP contribution >= 0.6 is 35.3 Å². The number of nitrogens with zero attached hydrogens (tertiary/aromatic N) is 9. The maximum atomic E-state index is 13.2. The summed E-state index contributed by atoms with van der Waals surface area (Å²) in [5.74, 6) is -2.27. The molecule has 9 aliphatic heterocycles. The third kappa shape index (κ3) is 15.8. The van der Waals surface area contributed by atoms with E-state index in [9.17, 15) is 41.2 Å². The first-order valence-corrected chi connectivity index (χ1v) is 33.6. The van der Waals surface area contributed by atoms with Crippen LogP contribution in [0.4, 0.5) is 26.3 Å². The van der Waals surface area contributed by atoms with Crippen molar-refractivity contribution in [3.05, 3.63) is 183 Å². The van der Waals surface area contributed by atoms with Crippen LogP contribution in [0, 0.1) is 11.3 Å². The fraction of sp³-hybridized carbons (Fsp3) is 0.304. The Kier molecular flexibility index (Phi) is 24.3. The van der Waals surface area contributed by atoms with Crippen LogP contribution in [-0.2, 0) is 24.2 Å². The van der Waals surface area contributed by atoms with Gasteiger partial charge in [-0.25, -0.2) is 4.89 Å². The molecule has 4 N–H and O–H groups in total. The number of aromatic nitrogens is 8. The standard InChI is InChI=1S/C23H18F3N5OS.C23H17F3N2OS.C21H19N5S.CH2O3.CH4O2.2K.H/c24-23(25,26)22(32)31-14-6-7-15(31)10-13(9-14)20-16-3-1-2-4-18(16)33-19-11-12(5-8-17(19)20)21-27-29-30-28-21;24-23(25,26)22(29)28-15-6-7-16(28)11-14(10-15)21-17-3-1-2-4-19(17)30-20-9-13(12-27)5-8-18(20)21;1-2-4-18-16(3-1)20(13-9-14-6-7-15(10-13)22-14)17-8-5-12(11-19(17)27-18)21-23-25-26-24-21;2-1-4-3;1-3-2;;;/h1-5,8,11,14-15H,6-7,9-10H2,(H,27,28,29,30);1-5,8-9,15-16H,6-7,10-11H2;1-5,8,11,14-15,22H,6-7,9-10H2,(H,23,24,25,26);1,3H;2H,1H3;;;/q;;;;;2*+1;-1/p-1/t14-,15+;15-,16+;14-,15+;;;;;. The van der Waals surface area contributed by atoms with Crippen LogP contribution in [-0.4, -0.2) is 130 Å². The second-order valence-electron chi connectivity index (χ2n) is 24.4. The minimum Gasteiger partial charge on any atom is -1.00 e. The van der Waals surface area contributed by atoms with E-state index < -0.39 is 48.3 Å². The number of tetrazole rings is 2. The van der Waals surface area contributed by atoms with Gasteiger partial charge in [-0.15, -0.1) is 20.4 Å². The van der Waals surface area contributed by atoms with E-state index in [0.717, 1.165) is 97.9 Å². The van der Waals surface area contributed by atoms with E-state index in [1.165, 1.54) is 46.4 Å². The Morgan fingerprint density at radius 3 is 1.22 bits per heavy atom. The largest absolute Gasteiger partial charge is 1.00 e. The Labute approximate surface area is 663 Å². The van der Waals surface area contributed by atoms with Gasteiger partial charge in [-0.3, -0.25) is 19.6 Å². The van der Waals surface area contributed by atoms with Crippen molar-refractivity contribution in [2.75, 3.05) is 7.11 Å². The molecule has 2 amide bonds. The number of benzene rings is 6. The van der Waals surface area contributed by atoms with Crippen LogP contribution in [0.2, 0.25) is 0 Å². The normalized spacial score (nSPS) is 22.9. The molecule has 9 aliphatic rings. The van der Waals surface area contributed by atoms with Gasteiger partial charge in [-0.1, -0.05) is 137 Å². The summed E-state index contributed by atoms with van der Waals surface area (Å²) >= 11 is 5.10. The van der Waals surface area contributed by atoms with Gasteiger partial charge in [0.05, 0.1) is 18.7 Å². The molecule has 8 aromatic rings. The Bertz CT molecular complexity index is 4440. The number of nitrogens with one attached hydrogen (secondary N) is 3. The summed E-state index contributed by atoms with van der Waals surface area (Å²) in [5.41, 5.74) is 16.8. The molecule has 99 heavy (non-hydrogen) atoms. The topological polar surface area (TPSA) is 264 Å². The van der Waals surface area contributed by atoms with Gasteiger partial charge in [0.2, 0.25) is 11.6 Å². The Hall–Kier alpha value is -5.68. The number of halogens is 6. The first-order valence-electron chi connectivity index (χ1n) is 31.2. The van der Waals surface area contributed by atoms with E-state index in [2.05, 4.69) is 117 Å². The smallest absolute Gasteiger partial charge is 1.00 e. The molecule has 6 atom stereocenters. The molecule has 0 radical (unpaired) electrons. The molecule has 0 aliphatic carbocycles. The van der Waals surface area contributed by atoms with Crippen LogP contribution in [0.5, 0.6) is 0 Å². The summed E-state index contributed by atoms with van der Waals surface area (Å²) in [7, 11) is 1.18. The van der Waals surface area contributed by atoms with Crippen LogP contribution in [0.1, 0.15) is 117 Å². The predicted octanol–water partition coefficient (Wildman–Crippen LogP) is 7.10. The first-order chi connectivity index (χ1) is 46.9. The van der Waals surface area contributed by atoms with Crippen molar-refractivity contribution in [3.63, 3.8) is 0 Å². The van der Waals surface area contributed by atoms with E-state index in [1.807, 2.05) is 78.5 Å². The van der Waals surface area contributed by atoms with Crippen LogP contribution in [0.3, 0.4) is 0 Å². The number of H-pyrrole nitrogens is 2. The van der Waals surface area contributed by atoms with Crippen molar-refractivity contribution < 1.29 is 165 Å². The van der Waals surface area contributed by atoms with Gasteiger partial charge >= 0.3 is 127 Å². The zero-order valence-corrected chi connectivity index (χ0v) is 62.3. The number of nitriles is 1. The molecule has 6 bridgehead atoms. The van der Waals surface area contributed by atoms with Gasteiger partial charge in [0.25, 0.3) is 6.47 Å². The summed E-state index contributed by atoms with van der Waals surface area (Å²) in [6, 6.07) is 44.9. The second kappa shape index (κ2) is 32.3. The average molecular weight is 1460 g/mol. The van der Waals surface area contributed by atoms with Gasteiger partial charge in [-0.05, 0) is 180 Å². The minimum absolute atomic E-state index is 0. The molecule has 0 spiro atoms. The molecule has 2 aromatic heterocycles. The van der Waals surface area contributed by atoms with E-state index >= 15 is 0 Å². The first kappa shape index (κ1) is 74.5. The number of alkyl halides is 6. The Morgan fingerprint density at radius 1 is 0.556 bits per heavy atom. The number of fused-ring (bicyclic) bond motifs is 12. The molecule has 0 unspecified atom stereocenters. The molecule has 0 saturated carbocycles. The van der Waals surface area contributed by atoms with Crippen molar-refractivity contribution in [2.45, 2.75) is 155 Å². The summed E-state index contributed by atoms with van der Waals surface area (Å²) < 4.78 is 78.8. The number of carbonyl (C=O) groups is 3. The van der Waals surface area contributed by atoms with E-state index in [4.69, 9.17) is 15.3 Å². The van der Waals surface area contributed by atoms with Crippen LogP contribution < -0.4 is 113 Å². The monoisotopic (exact) mass is 1460 g/mol. The van der Waals surface area contributed by atoms with Crippen molar-refractivity contribution in [1.82, 2.24) is 56.4 Å². The molecule has 19 nitrogen and oxygen atoms in total. The molecule has 6 aromatic carbocycles. The van der Waals surface area contributed by atoms with E-state index in [0.29, 0.717) is 80.7 Å². The van der Waals surface area contributed by atoms with Gasteiger partial charge in [-0.2, -0.15) is 42.0 Å². The third-order valence-corrected chi connectivity index (χ3v) is 22.2. The van der Waals surface area contributed by atoms with Gasteiger partial charge in [0.15, 0.2) is 0 Å². The van der Waals surface area contributed by atoms with Crippen molar-refractivity contribution in [1.29, 1.82) is 5.26 Å². The summed E-state index contributed by atoms with van der Waals surface area (Å²) in [4.78, 5) is 47.5. The molecule has 11 heterocycles. The number of aromatic amines is 2. The molecule has 500 valence electrons. The Morgan fingerprint density at radius 2 is 0.889 bits per heavy atom. The van der Waals surface area contributed by atoms with Gasteiger partial charge in [0.1, 0.15) is 0 Å². The quantitative estimate of drug-likeness (QED) is 0.0452. The summed E-state index contributed by atoms with van der Waals surface area (Å²) in [5, 5.41) is 57.3. The van der Waals surface area contributed by atoms with Gasteiger partial charge < -0.3 is 26.7 Å². The maximum Gasteiger partial charge on any atom is 1.00 e. The fourth-order valence-corrected chi connectivity index (χ4v) is 18.5. The molecule has 17 rings (SSSR count). The SMILES string of the molecule is COO.N#Cc1ccc2c(c1)Sc1ccccc1C2=C1C[C@H]2CC[C@@H](C1)N2C(=O)C(F)(F)F.O=C(N1[C@@H]2CC[C@H]1CC(=C1c3ccccc3Sc3cc(-c4nn[nH]n4)ccc31)C2)C(F)(F)F.O=CO[O-].[H-].[K+].[K+].c1ccc2c(c1)Sc1cc(-c3nn[nH]n3)ccc1C2=C1C[C@H]2CC[C@@H](C1)N2. The summed E-state index contributed by atoms with van der Waals surface area (Å²) in [6.45, 7) is -0.181. The molecular formula is C69H60F6K2N12O7S3. The zero-order chi connectivity index (χ0) is 67.7. The van der Waals surface area contributed by atoms with Crippen LogP contribution in [0.25, 0.3) is 39.5 Å². The number of hydrogen-bond acceptors (Lipinski definition) is 18. The number of amides is 2. The van der Waals surface area contributed by atoms with E-state index in [1.54, 1.807) is 35.2 Å². The molecule has 30 heteroatoms. The maximum absolute atomic E-state index is 13.2. The fourth-order valence-electron chi connectivity index (χ4n) is 15.1. The number of carbonyl (C=O) groups excluding carboxylic acids is 3. The van der Waals surface area contributed by atoms with Crippen molar-refractivity contribution in [3.8, 4) is 28.8 Å². The Balaban J connectivity index is 0.000000153. The molecule has 6 fully saturated rings. The average Bonchev–Trinajstić information content (AvgIpc) is 1.23. The van der Waals surface area contributed by atoms with Crippen LogP contribution in [0.15, 0.2) is 173 Å². The minimum atomic E-state index is -4.84.